The molecular weight excluding hydrogens is 385 g/mol. The minimum atomic E-state index is -1.18. The van der Waals surface area contributed by atoms with Crippen molar-refractivity contribution in [3.63, 3.8) is 0 Å². The van der Waals surface area contributed by atoms with Crippen molar-refractivity contribution in [2.45, 2.75) is 32.4 Å². The Hall–Kier alpha value is -2.98. The largest absolute Gasteiger partial charge is 0.492 e. The summed E-state index contributed by atoms with van der Waals surface area (Å²) >= 11 is 0. The van der Waals surface area contributed by atoms with Crippen LogP contribution in [0.15, 0.2) is 36.5 Å². The Balaban J connectivity index is 1.60. The number of rotatable bonds is 7. The molecule has 1 saturated heterocycles. The van der Waals surface area contributed by atoms with Gasteiger partial charge in [0.15, 0.2) is 0 Å². The first kappa shape index (κ1) is 21.7. The Morgan fingerprint density at radius 2 is 2.00 bits per heavy atom. The Labute approximate surface area is 175 Å². The van der Waals surface area contributed by atoms with Gasteiger partial charge in [-0.3, -0.25) is 0 Å². The van der Waals surface area contributed by atoms with Crippen LogP contribution < -0.4 is 4.74 Å². The predicted octanol–water partition coefficient (Wildman–Crippen LogP) is 4.16. The van der Waals surface area contributed by atoms with Crippen molar-refractivity contribution in [2.75, 3.05) is 26.2 Å². The molecule has 1 fully saturated rings. The number of pyridine rings is 1. The SMILES string of the molecule is CC(C)(F)CN1CCC(COc2ccc(-c3ccc(C(=O)O)nc3)cc2C#N)CC1. The first-order valence-electron chi connectivity index (χ1n) is 10.0. The van der Waals surface area contributed by atoms with Gasteiger partial charge in [-0.2, -0.15) is 5.26 Å². The van der Waals surface area contributed by atoms with Crippen LogP contribution in [0.2, 0.25) is 0 Å². The van der Waals surface area contributed by atoms with E-state index in [9.17, 15) is 14.4 Å². The topological polar surface area (TPSA) is 86.4 Å². The Kier molecular flexibility index (Phi) is 6.68. The minimum absolute atomic E-state index is 0.0275. The number of benzene rings is 1. The lowest BCUT2D eigenvalue weighted by molar-refractivity contribution is 0.0690. The standard InChI is InChI=1S/C23H26FN3O3/c1-23(2,24)15-27-9-7-16(8-10-27)14-30-21-6-4-17(11-19(21)12-25)18-3-5-20(22(28)29)26-13-18/h3-6,11,13,16H,7-10,14-15H2,1-2H3,(H,28,29). The van der Waals surface area contributed by atoms with Crippen molar-refractivity contribution in [1.82, 2.24) is 9.88 Å². The smallest absolute Gasteiger partial charge is 0.354 e. The van der Waals surface area contributed by atoms with Gasteiger partial charge in [0.25, 0.3) is 0 Å². The molecule has 0 bridgehead atoms. The number of halogens is 1. The lowest BCUT2D eigenvalue weighted by atomic mass is 9.96. The van der Waals surface area contributed by atoms with Crippen molar-refractivity contribution in [1.29, 1.82) is 5.26 Å². The van der Waals surface area contributed by atoms with Gasteiger partial charge in [-0.15, -0.1) is 0 Å². The van der Waals surface area contributed by atoms with Crippen LogP contribution in [0.25, 0.3) is 11.1 Å². The molecule has 0 unspecified atom stereocenters. The average molecular weight is 411 g/mol. The number of hydrogen-bond acceptors (Lipinski definition) is 5. The maximum Gasteiger partial charge on any atom is 0.354 e. The zero-order chi connectivity index (χ0) is 21.7. The van der Waals surface area contributed by atoms with E-state index in [1.165, 1.54) is 12.3 Å². The summed E-state index contributed by atoms with van der Waals surface area (Å²) in [4.78, 5) is 17.0. The molecule has 2 heterocycles. The van der Waals surface area contributed by atoms with E-state index in [1.54, 1.807) is 32.0 Å². The van der Waals surface area contributed by atoms with E-state index in [2.05, 4.69) is 16.0 Å². The highest BCUT2D eigenvalue weighted by Crippen LogP contribution is 2.28. The number of nitrogens with zero attached hydrogens (tertiary/aromatic N) is 3. The molecule has 30 heavy (non-hydrogen) atoms. The van der Waals surface area contributed by atoms with Gasteiger partial charge in [0.1, 0.15) is 23.2 Å². The minimum Gasteiger partial charge on any atom is -0.492 e. The van der Waals surface area contributed by atoms with Crippen LogP contribution in [0.5, 0.6) is 5.75 Å². The van der Waals surface area contributed by atoms with Crippen LogP contribution in [-0.2, 0) is 0 Å². The lowest BCUT2D eigenvalue weighted by Crippen LogP contribution is -2.41. The molecule has 0 amide bonds. The van der Waals surface area contributed by atoms with Crippen LogP contribution >= 0.6 is 0 Å². The van der Waals surface area contributed by atoms with Gasteiger partial charge in [0.05, 0.1) is 12.2 Å². The highest BCUT2D eigenvalue weighted by molar-refractivity contribution is 5.85. The van der Waals surface area contributed by atoms with Crippen LogP contribution in [-0.4, -0.2) is 52.9 Å². The molecule has 1 aromatic heterocycles. The fourth-order valence-electron chi connectivity index (χ4n) is 3.66. The van der Waals surface area contributed by atoms with Crippen LogP contribution in [0, 0.1) is 17.2 Å². The molecule has 7 heteroatoms. The van der Waals surface area contributed by atoms with E-state index in [1.807, 2.05) is 6.07 Å². The summed E-state index contributed by atoms with van der Waals surface area (Å²) in [5, 5.41) is 18.5. The summed E-state index contributed by atoms with van der Waals surface area (Å²) in [7, 11) is 0. The normalized spacial score (nSPS) is 15.5. The molecule has 2 aromatic rings. The number of carboxylic acid groups (broad SMARTS) is 1. The number of carboxylic acids is 1. The van der Waals surface area contributed by atoms with Gasteiger partial charge in [0, 0.05) is 18.3 Å². The number of alkyl halides is 1. The second-order valence-corrected chi connectivity index (χ2v) is 8.31. The van der Waals surface area contributed by atoms with Gasteiger partial charge in [-0.1, -0.05) is 12.1 Å². The molecule has 0 spiro atoms. The molecule has 158 valence electrons. The zero-order valence-corrected chi connectivity index (χ0v) is 17.3. The van der Waals surface area contributed by atoms with Gasteiger partial charge in [-0.05, 0) is 69.5 Å². The highest BCUT2D eigenvalue weighted by Gasteiger charge is 2.25. The van der Waals surface area contributed by atoms with Crippen LogP contribution in [0.1, 0.15) is 42.7 Å². The second kappa shape index (κ2) is 9.23. The quantitative estimate of drug-likeness (QED) is 0.736. The van der Waals surface area contributed by atoms with Gasteiger partial charge >= 0.3 is 5.97 Å². The van der Waals surface area contributed by atoms with Crippen molar-refractivity contribution < 1.29 is 19.0 Å². The zero-order valence-electron chi connectivity index (χ0n) is 17.3. The highest BCUT2D eigenvalue weighted by atomic mass is 19.1. The number of ether oxygens (including phenoxy) is 1. The third kappa shape index (κ3) is 5.77. The van der Waals surface area contributed by atoms with Crippen molar-refractivity contribution in [3.8, 4) is 22.9 Å². The van der Waals surface area contributed by atoms with Crippen molar-refractivity contribution in [3.05, 3.63) is 47.8 Å². The summed E-state index contributed by atoms with van der Waals surface area (Å²) in [6.07, 6.45) is 3.36. The lowest BCUT2D eigenvalue weighted by Gasteiger charge is -2.34. The van der Waals surface area contributed by atoms with E-state index in [0.29, 0.717) is 30.4 Å². The Morgan fingerprint density at radius 3 is 2.57 bits per heavy atom. The molecular formula is C23H26FN3O3. The molecule has 0 atom stereocenters. The van der Waals surface area contributed by atoms with E-state index in [4.69, 9.17) is 9.84 Å². The monoisotopic (exact) mass is 411 g/mol. The first-order chi connectivity index (χ1) is 14.2. The molecule has 1 aliphatic heterocycles. The molecule has 0 radical (unpaired) electrons. The van der Waals surface area contributed by atoms with E-state index >= 15 is 0 Å². The van der Waals surface area contributed by atoms with E-state index in [0.717, 1.165) is 37.1 Å². The summed E-state index contributed by atoms with van der Waals surface area (Å²) in [5.74, 6) is -0.172. The van der Waals surface area contributed by atoms with Gasteiger partial charge < -0.3 is 14.7 Å². The number of nitriles is 1. The Morgan fingerprint density at radius 1 is 1.30 bits per heavy atom. The third-order valence-corrected chi connectivity index (χ3v) is 5.20. The van der Waals surface area contributed by atoms with E-state index in [-0.39, 0.29) is 5.69 Å². The molecule has 6 nitrogen and oxygen atoms in total. The molecule has 0 saturated carbocycles. The fraction of sp³-hybridized carbons (Fsp3) is 0.435. The van der Waals surface area contributed by atoms with Gasteiger partial charge in [-0.25, -0.2) is 14.2 Å². The third-order valence-electron chi connectivity index (χ3n) is 5.20. The molecule has 1 aromatic carbocycles. The maximum absolute atomic E-state index is 13.8. The summed E-state index contributed by atoms with van der Waals surface area (Å²) < 4.78 is 19.7. The first-order valence-corrected chi connectivity index (χ1v) is 10.0. The number of piperidine rings is 1. The summed E-state index contributed by atoms with van der Waals surface area (Å²) in [6.45, 7) is 5.88. The van der Waals surface area contributed by atoms with E-state index < -0.39 is 11.6 Å². The van der Waals surface area contributed by atoms with Crippen LogP contribution in [0.3, 0.4) is 0 Å². The fourth-order valence-corrected chi connectivity index (χ4v) is 3.66. The molecule has 1 N–H and O–H groups in total. The second-order valence-electron chi connectivity index (χ2n) is 8.31. The number of likely N-dealkylation sites (tertiary alicyclic amines) is 1. The Bertz CT molecular complexity index is 924. The number of aromatic carboxylic acids is 1. The average Bonchev–Trinajstić information content (AvgIpc) is 2.72. The summed E-state index contributed by atoms with van der Waals surface area (Å²) in [6, 6.07) is 10.6. The maximum atomic E-state index is 13.8. The molecule has 0 aliphatic carbocycles. The predicted molar refractivity (Wildman–Crippen MR) is 111 cm³/mol. The van der Waals surface area contributed by atoms with Crippen molar-refractivity contribution in [2.24, 2.45) is 5.92 Å². The van der Waals surface area contributed by atoms with Gasteiger partial charge in [0.2, 0.25) is 0 Å². The number of carbonyl (C=O) groups is 1. The van der Waals surface area contributed by atoms with Crippen molar-refractivity contribution >= 4 is 5.97 Å². The number of aromatic nitrogens is 1. The molecule has 3 rings (SSSR count). The summed E-state index contributed by atoms with van der Waals surface area (Å²) in [5.41, 5.74) is 0.708. The molecule has 1 aliphatic rings. The number of hydrogen-bond donors (Lipinski definition) is 1. The van der Waals surface area contributed by atoms with Crippen LogP contribution in [0.4, 0.5) is 4.39 Å².